The maximum atomic E-state index is 4.68. The molecule has 1 N–H and O–H groups in total. The number of aryl methyl sites for hydroxylation is 3. The lowest BCUT2D eigenvalue weighted by Crippen LogP contribution is -2.00. The Kier molecular flexibility index (Phi) is 2.74. The Bertz CT molecular complexity index is 756. The predicted molar refractivity (Wildman–Crippen MR) is 78.6 cm³/mol. The van der Waals surface area contributed by atoms with Gasteiger partial charge >= 0.3 is 0 Å². The number of nitrogens with one attached hydrogen (secondary N) is 1. The van der Waals surface area contributed by atoms with Gasteiger partial charge in [-0.15, -0.1) is 11.3 Å². The van der Waals surface area contributed by atoms with Crippen LogP contribution in [0.15, 0.2) is 12.5 Å². The smallest absolute Gasteiger partial charge is 0.181 e. The van der Waals surface area contributed by atoms with Crippen LogP contribution in [-0.2, 0) is 7.05 Å². The van der Waals surface area contributed by atoms with Crippen LogP contribution in [0.1, 0.15) is 10.4 Å². The van der Waals surface area contributed by atoms with Crippen LogP contribution in [0.3, 0.4) is 0 Å². The molecule has 0 aliphatic rings. The molecule has 3 aromatic rings. The Labute approximate surface area is 115 Å². The predicted octanol–water partition coefficient (Wildman–Crippen LogP) is 2.75. The Morgan fingerprint density at radius 3 is 2.68 bits per heavy atom. The highest BCUT2D eigenvalue weighted by atomic mass is 32.1. The van der Waals surface area contributed by atoms with Crippen LogP contribution in [0.5, 0.6) is 0 Å². The molecule has 98 valence electrons. The topological polar surface area (TPSA) is 55.6 Å². The molecule has 3 heterocycles. The molecule has 0 aliphatic heterocycles. The number of imidazole rings is 1. The third-order valence-corrected chi connectivity index (χ3v) is 4.41. The maximum Gasteiger partial charge on any atom is 0.181 e. The first-order valence-corrected chi connectivity index (χ1v) is 6.85. The van der Waals surface area contributed by atoms with E-state index >= 15 is 0 Å². The van der Waals surface area contributed by atoms with Gasteiger partial charge in [-0.05, 0) is 19.4 Å². The summed E-state index contributed by atoms with van der Waals surface area (Å²) in [6, 6.07) is 0. The molecular formula is C13H15N5S. The summed E-state index contributed by atoms with van der Waals surface area (Å²) in [5, 5.41) is 4.29. The van der Waals surface area contributed by atoms with Gasteiger partial charge in [0.15, 0.2) is 5.82 Å². The van der Waals surface area contributed by atoms with Gasteiger partial charge in [-0.25, -0.2) is 15.0 Å². The first-order chi connectivity index (χ1) is 9.11. The number of fused-ring (bicyclic) bond motifs is 1. The maximum absolute atomic E-state index is 4.68. The van der Waals surface area contributed by atoms with Crippen LogP contribution in [-0.4, -0.2) is 26.6 Å². The molecule has 5 nitrogen and oxygen atoms in total. The summed E-state index contributed by atoms with van der Waals surface area (Å²) < 4.78 is 1.92. The van der Waals surface area contributed by atoms with Gasteiger partial charge in [0, 0.05) is 19.0 Å². The van der Waals surface area contributed by atoms with E-state index in [1.54, 1.807) is 23.9 Å². The van der Waals surface area contributed by atoms with E-state index in [9.17, 15) is 0 Å². The number of nitrogens with zero attached hydrogens (tertiary/aromatic N) is 4. The van der Waals surface area contributed by atoms with Crippen molar-refractivity contribution < 1.29 is 0 Å². The Hall–Kier alpha value is -1.95. The highest BCUT2D eigenvalue weighted by molar-refractivity contribution is 7.18. The van der Waals surface area contributed by atoms with E-state index in [0.717, 1.165) is 21.7 Å². The molecule has 0 fully saturated rings. The molecule has 0 aromatic carbocycles. The fraction of sp³-hybridized carbons (Fsp3) is 0.308. The van der Waals surface area contributed by atoms with Gasteiger partial charge in [0.25, 0.3) is 0 Å². The molecule has 0 saturated heterocycles. The Morgan fingerprint density at radius 2 is 2.05 bits per heavy atom. The largest absolute Gasteiger partial charge is 0.372 e. The van der Waals surface area contributed by atoms with Crippen molar-refractivity contribution in [2.45, 2.75) is 13.8 Å². The van der Waals surface area contributed by atoms with E-state index in [1.165, 1.54) is 10.4 Å². The van der Waals surface area contributed by atoms with Crippen molar-refractivity contribution in [2.24, 2.45) is 7.05 Å². The van der Waals surface area contributed by atoms with Gasteiger partial charge in [0.2, 0.25) is 0 Å². The second-order valence-corrected chi connectivity index (χ2v) is 5.70. The highest BCUT2D eigenvalue weighted by Gasteiger charge is 2.15. The van der Waals surface area contributed by atoms with Crippen molar-refractivity contribution in [3.63, 3.8) is 0 Å². The molecule has 0 unspecified atom stereocenters. The number of rotatable bonds is 2. The van der Waals surface area contributed by atoms with Gasteiger partial charge in [0.1, 0.15) is 16.3 Å². The summed E-state index contributed by atoms with van der Waals surface area (Å²) in [4.78, 5) is 15.7. The van der Waals surface area contributed by atoms with Crippen molar-refractivity contribution >= 4 is 27.4 Å². The fourth-order valence-electron chi connectivity index (χ4n) is 2.12. The molecular weight excluding hydrogens is 258 g/mol. The first kappa shape index (κ1) is 12.1. The fourth-order valence-corrected chi connectivity index (χ4v) is 3.15. The van der Waals surface area contributed by atoms with Gasteiger partial charge in [-0.1, -0.05) is 0 Å². The zero-order valence-corrected chi connectivity index (χ0v) is 12.2. The van der Waals surface area contributed by atoms with E-state index in [-0.39, 0.29) is 0 Å². The zero-order chi connectivity index (χ0) is 13.6. The van der Waals surface area contributed by atoms with E-state index < -0.39 is 0 Å². The number of hydrogen-bond acceptors (Lipinski definition) is 5. The zero-order valence-electron chi connectivity index (χ0n) is 11.4. The van der Waals surface area contributed by atoms with Crippen molar-refractivity contribution in [1.82, 2.24) is 19.5 Å². The minimum atomic E-state index is 0.707. The lowest BCUT2D eigenvalue weighted by molar-refractivity contribution is 0.911. The molecule has 6 heteroatoms. The van der Waals surface area contributed by atoms with Crippen molar-refractivity contribution in [3.05, 3.63) is 23.0 Å². The van der Waals surface area contributed by atoms with Crippen LogP contribution >= 0.6 is 11.3 Å². The van der Waals surface area contributed by atoms with Gasteiger partial charge in [-0.2, -0.15) is 0 Å². The minimum absolute atomic E-state index is 0.707. The SMILES string of the molecule is CNc1nc(-c2cncn2C)nc2sc(C)c(C)c12. The quantitative estimate of drug-likeness (QED) is 0.780. The van der Waals surface area contributed by atoms with E-state index in [4.69, 9.17) is 0 Å². The molecule has 0 atom stereocenters. The van der Waals surface area contributed by atoms with Crippen molar-refractivity contribution in [2.75, 3.05) is 12.4 Å². The molecule has 3 aromatic heterocycles. The third-order valence-electron chi connectivity index (χ3n) is 3.31. The Morgan fingerprint density at radius 1 is 1.26 bits per heavy atom. The lowest BCUT2D eigenvalue weighted by Gasteiger charge is -2.06. The number of anilines is 1. The molecule has 3 rings (SSSR count). The van der Waals surface area contributed by atoms with Crippen LogP contribution < -0.4 is 5.32 Å². The molecule has 0 bridgehead atoms. The average Bonchev–Trinajstić information content (AvgIpc) is 2.93. The average molecular weight is 273 g/mol. The second kappa shape index (κ2) is 4.31. The highest BCUT2D eigenvalue weighted by Crippen LogP contribution is 2.34. The van der Waals surface area contributed by atoms with Crippen molar-refractivity contribution in [3.8, 4) is 11.5 Å². The van der Waals surface area contributed by atoms with Crippen LogP contribution in [0.2, 0.25) is 0 Å². The second-order valence-electron chi connectivity index (χ2n) is 4.50. The van der Waals surface area contributed by atoms with Gasteiger partial charge < -0.3 is 9.88 Å². The number of thiophene rings is 1. The first-order valence-electron chi connectivity index (χ1n) is 6.04. The molecule has 0 saturated carbocycles. The van der Waals surface area contributed by atoms with Crippen LogP contribution in [0.25, 0.3) is 21.7 Å². The lowest BCUT2D eigenvalue weighted by atomic mass is 10.2. The molecule has 0 aliphatic carbocycles. The monoisotopic (exact) mass is 273 g/mol. The molecule has 0 spiro atoms. The van der Waals surface area contributed by atoms with E-state index in [0.29, 0.717) is 5.82 Å². The van der Waals surface area contributed by atoms with Crippen LogP contribution in [0.4, 0.5) is 5.82 Å². The molecule has 0 amide bonds. The van der Waals surface area contributed by atoms with Crippen LogP contribution in [0, 0.1) is 13.8 Å². The summed E-state index contributed by atoms with van der Waals surface area (Å²) in [6.45, 7) is 4.23. The summed E-state index contributed by atoms with van der Waals surface area (Å²) in [7, 11) is 3.83. The Balaban J connectivity index is 2.32. The number of hydrogen-bond donors (Lipinski definition) is 1. The third kappa shape index (κ3) is 1.79. The standard InChI is InChI=1S/C13H15N5S/c1-7-8(2)19-13-10(7)12(14-3)16-11(17-13)9-5-15-6-18(9)4/h5-6H,1-4H3,(H,14,16,17). The van der Waals surface area contributed by atoms with E-state index in [2.05, 4.69) is 34.1 Å². The van der Waals surface area contributed by atoms with Crippen molar-refractivity contribution in [1.29, 1.82) is 0 Å². The normalized spacial score (nSPS) is 11.2. The summed E-state index contributed by atoms with van der Waals surface area (Å²) in [6.07, 6.45) is 3.54. The van der Waals surface area contributed by atoms with Gasteiger partial charge in [0.05, 0.1) is 17.9 Å². The minimum Gasteiger partial charge on any atom is -0.372 e. The molecule has 19 heavy (non-hydrogen) atoms. The summed E-state index contributed by atoms with van der Waals surface area (Å²) in [5.74, 6) is 1.58. The molecule has 0 radical (unpaired) electrons. The summed E-state index contributed by atoms with van der Waals surface area (Å²) in [5.41, 5.74) is 2.17. The summed E-state index contributed by atoms with van der Waals surface area (Å²) >= 11 is 1.70. The van der Waals surface area contributed by atoms with Gasteiger partial charge in [-0.3, -0.25) is 0 Å². The number of aromatic nitrogens is 4. The van der Waals surface area contributed by atoms with E-state index in [1.807, 2.05) is 18.7 Å².